The molecule has 0 amide bonds. The van der Waals surface area contributed by atoms with Crippen molar-refractivity contribution in [2.45, 2.75) is 6.92 Å². The van der Waals surface area contributed by atoms with E-state index in [1.54, 1.807) is 24.3 Å². The summed E-state index contributed by atoms with van der Waals surface area (Å²) in [7, 11) is 0. The van der Waals surface area contributed by atoms with Crippen molar-refractivity contribution in [1.82, 2.24) is 4.98 Å². The Kier molecular flexibility index (Phi) is 3.02. The van der Waals surface area contributed by atoms with Gasteiger partial charge >= 0.3 is 5.69 Å². The Bertz CT molecular complexity index is 642. The van der Waals surface area contributed by atoms with E-state index in [0.29, 0.717) is 11.1 Å². The van der Waals surface area contributed by atoms with Gasteiger partial charge in [0.2, 0.25) is 5.69 Å². The molecule has 0 fully saturated rings. The third-order valence-electron chi connectivity index (χ3n) is 2.58. The maximum Gasteiger partial charge on any atom is 0.313 e. The molecule has 0 unspecified atom stereocenters. The summed E-state index contributed by atoms with van der Waals surface area (Å²) < 4.78 is 0. The molecule has 0 spiro atoms. The van der Waals surface area contributed by atoms with Gasteiger partial charge in [-0.2, -0.15) is 5.26 Å². The molecule has 0 radical (unpaired) electrons. The smallest absolute Gasteiger partial charge is 0.258 e. The molecule has 0 saturated carbocycles. The first-order valence-corrected chi connectivity index (χ1v) is 5.24. The lowest BCUT2D eigenvalue weighted by atomic mass is 10.0. The Hall–Kier alpha value is -2.74. The van der Waals surface area contributed by atoms with Gasteiger partial charge in [0.05, 0.1) is 10.5 Å². The molecule has 1 aromatic carbocycles. The molecule has 0 aliphatic heterocycles. The highest BCUT2D eigenvalue weighted by molar-refractivity contribution is 5.75. The third-order valence-corrected chi connectivity index (χ3v) is 2.58. The second-order valence-electron chi connectivity index (χ2n) is 3.79. The number of hydrogen-bond donors (Lipinski definition) is 0. The molecule has 1 heterocycles. The maximum atomic E-state index is 11.1. The minimum atomic E-state index is -0.569. The SMILES string of the molecule is Cc1ccc(-c2ccnc(C#N)c2[N+](=O)[O-])cc1. The van der Waals surface area contributed by atoms with Crippen LogP contribution in [-0.4, -0.2) is 9.91 Å². The first-order valence-electron chi connectivity index (χ1n) is 5.24. The summed E-state index contributed by atoms with van der Waals surface area (Å²) in [6.45, 7) is 1.94. The molecule has 5 heteroatoms. The Morgan fingerprint density at radius 2 is 1.94 bits per heavy atom. The standard InChI is InChI=1S/C13H9N3O2/c1-9-2-4-10(5-3-9)11-6-7-15-12(8-14)13(11)16(17)18/h2-7H,1H3. The van der Waals surface area contributed by atoms with Crippen LogP contribution in [0.5, 0.6) is 0 Å². The normalized spacial score (nSPS) is 9.78. The van der Waals surface area contributed by atoms with Gasteiger partial charge in [-0.25, -0.2) is 4.98 Å². The van der Waals surface area contributed by atoms with Crippen LogP contribution in [0.25, 0.3) is 11.1 Å². The first kappa shape index (κ1) is 11.7. The molecule has 0 saturated heterocycles. The van der Waals surface area contributed by atoms with E-state index in [9.17, 15) is 10.1 Å². The van der Waals surface area contributed by atoms with Crippen LogP contribution >= 0.6 is 0 Å². The van der Waals surface area contributed by atoms with E-state index >= 15 is 0 Å². The average Bonchev–Trinajstić information content (AvgIpc) is 2.38. The average molecular weight is 239 g/mol. The van der Waals surface area contributed by atoms with E-state index in [0.717, 1.165) is 5.56 Å². The van der Waals surface area contributed by atoms with Crippen molar-refractivity contribution >= 4 is 5.69 Å². The summed E-state index contributed by atoms with van der Waals surface area (Å²) in [5.41, 5.74) is 1.76. The van der Waals surface area contributed by atoms with E-state index in [4.69, 9.17) is 5.26 Å². The van der Waals surface area contributed by atoms with Gasteiger partial charge in [0.1, 0.15) is 6.07 Å². The summed E-state index contributed by atoms with van der Waals surface area (Å²) in [5, 5.41) is 19.9. The predicted molar refractivity (Wildman–Crippen MR) is 65.8 cm³/mol. The van der Waals surface area contributed by atoms with Crippen LogP contribution in [0, 0.1) is 28.4 Å². The van der Waals surface area contributed by atoms with E-state index in [-0.39, 0.29) is 11.4 Å². The lowest BCUT2D eigenvalue weighted by Crippen LogP contribution is -1.98. The lowest BCUT2D eigenvalue weighted by Gasteiger charge is -2.04. The number of hydrogen-bond acceptors (Lipinski definition) is 4. The Labute approximate surface area is 103 Å². The fourth-order valence-corrected chi connectivity index (χ4v) is 1.69. The summed E-state index contributed by atoms with van der Waals surface area (Å²) >= 11 is 0. The number of rotatable bonds is 2. The number of aromatic nitrogens is 1. The molecule has 0 N–H and O–H groups in total. The molecule has 5 nitrogen and oxygen atoms in total. The molecular weight excluding hydrogens is 230 g/mol. The van der Waals surface area contributed by atoms with Gasteiger partial charge in [0.25, 0.3) is 0 Å². The zero-order chi connectivity index (χ0) is 13.1. The molecule has 0 bridgehead atoms. The largest absolute Gasteiger partial charge is 0.313 e. The number of aryl methyl sites for hydroxylation is 1. The van der Waals surface area contributed by atoms with Gasteiger partial charge < -0.3 is 0 Å². The zero-order valence-electron chi connectivity index (χ0n) is 9.62. The Balaban J connectivity index is 2.68. The fourth-order valence-electron chi connectivity index (χ4n) is 1.69. The summed E-state index contributed by atoms with van der Waals surface area (Å²) in [6.07, 6.45) is 1.40. The predicted octanol–water partition coefficient (Wildman–Crippen LogP) is 2.84. The van der Waals surface area contributed by atoms with E-state index in [1.807, 2.05) is 19.1 Å². The van der Waals surface area contributed by atoms with E-state index in [1.165, 1.54) is 6.20 Å². The molecule has 2 aromatic rings. The number of pyridine rings is 1. The van der Waals surface area contributed by atoms with Gasteiger partial charge in [-0.05, 0) is 18.6 Å². The monoisotopic (exact) mass is 239 g/mol. The van der Waals surface area contributed by atoms with Crippen LogP contribution in [0.1, 0.15) is 11.3 Å². The summed E-state index contributed by atoms with van der Waals surface area (Å²) in [6, 6.07) is 10.6. The van der Waals surface area contributed by atoms with Crippen LogP contribution < -0.4 is 0 Å². The Morgan fingerprint density at radius 1 is 1.28 bits per heavy atom. The van der Waals surface area contributed by atoms with Crippen molar-refractivity contribution < 1.29 is 4.92 Å². The van der Waals surface area contributed by atoms with Crippen molar-refractivity contribution in [2.24, 2.45) is 0 Å². The molecule has 18 heavy (non-hydrogen) atoms. The third kappa shape index (κ3) is 2.04. The fraction of sp³-hybridized carbons (Fsp3) is 0.0769. The van der Waals surface area contributed by atoms with Crippen molar-refractivity contribution in [3.8, 4) is 17.2 Å². The van der Waals surface area contributed by atoms with E-state index in [2.05, 4.69) is 4.98 Å². The molecule has 88 valence electrons. The van der Waals surface area contributed by atoms with Crippen LogP contribution in [0.15, 0.2) is 36.5 Å². The van der Waals surface area contributed by atoms with Gasteiger partial charge in [-0.3, -0.25) is 10.1 Å². The topological polar surface area (TPSA) is 79.8 Å². The number of nitro groups is 1. The first-order chi connectivity index (χ1) is 8.63. The van der Waals surface area contributed by atoms with Crippen molar-refractivity contribution in [3.05, 3.63) is 57.9 Å². The highest BCUT2D eigenvalue weighted by Crippen LogP contribution is 2.31. The molecule has 2 rings (SSSR count). The summed E-state index contributed by atoms with van der Waals surface area (Å²) in [5.74, 6) is 0. The molecule has 0 aliphatic carbocycles. The van der Waals surface area contributed by atoms with Gasteiger partial charge in [0, 0.05) is 6.20 Å². The Morgan fingerprint density at radius 3 is 2.50 bits per heavy atom. The molecule has 1 aromatic heterocycles. The van der Waals surface area contributed by atoms with Gasteiger partial charge in [0.15, 0.2) is 0 Å². The van der Waals surface area contributed by atoms with Crippen molar-refractivity contribution in [2.75, 3.05) is 0 Å². The van der Waals surface area contributed by atoms with Crippen LogP contribution in [0.4, 0.5) is 5.69 Å². The highest BCUT2D eigenvalue weighted by atomic mass is 16.6. The maximum absolute atomic E-state index is 11.1. The highest BCUT2D eigenvalue weighted by Gasteiger charge is 2.21. The molecular formula is C13H9N3O2. The molecule has 0 aliphatic rings. The minimum Gasteiger partial charge on any atom is -0.258 e. The minimum absolute atomic E-state index is 0.168. The van der Waals surface area contributed by atoms with Gasteiger partial charge in [-0.15, -0.1) is 0 Å². The second-order valence-corrected chi connectivity index (χ2v) is 3.79. The van der Waals surface area contributed by atoms with Crippen molar-refractivity contribution in [1.29, 1.82) is 5.26 Å². The molecule has 0 atom stereocenters. The zero-order valence-corrected chi connectivity index (χ0v) is 9.62. The number of benzene rings is 1. The van der Waals surface area contributed by atoms with E-state index < -0.39 is 4.92 Å². The van der Waals surface area contributed by atoms with Crippen molar-refractivity contribution in [3.63, 3.8) is 0 Å². The number of nitrogens with zero attached hydrogens (tertiary/aromatic N) is 3. The number of nitriles is 1. The van der Waals surface area contributed by atoms with Gasteiger partial charge in [-0.1, -0.05) is 29.8 Å². The second kappa shape index (κ2) is 4.63. The van der Waals surface area contributed by atoms with Crippen LogP contribution in [-0.2, 0) is 0 Å². The quantitative estimate of drug-likeness (QED) is 0.596. The summed E-state index contributed by atoms with van der Waals surface area (Å²) in [4.78, 5) is 14.2. The van der Waals surface area contributed by atoms with Crippen LogP contribution in [0.2, 0.25) is 0 Å². The van der Waals surface area contributed by atoms with Crippen LogP contribution in [0.3, 0.4) is 0 Å². The lowest BCUT2D eigenvalue weighted by molar-refractivity contribution is -0.384.